The van der Waals surface area contributed by atoms with Crippen molar-refractivity contribution in [2.45, 2.75) is 33.0 Å². The van der Waals surface area contributed by atoms with Crippen molar-refractivity contribution in [3.63, 3.8) is 0 Å². The van der Waals surface area contributed by atoms with Gasteiger partial charge in [0.25, 0.3) is 0 Å². The van der Waals surface area contributed by atoms with E-state index in [1.54, 1.807) is 0 Å². The molecule has 0 fully saturated rings. The summed E-state index contributed by atoms with van der Waals surface area (Å²) in [6.07, 6.45) is 2.68. The number of benzene rings is 1. The largest absolute Gasteiger partial charge is 0.319 e. The van der Waals surface area contributed by atoms with E-state index in [0.29, 0.717) is 12.4 Å². The van der Waals surface area contributed by atoms with Gasteiger partial charge in [-0.05, 0) is 25.0 Å². The Bertz CT molecular complexity index is 537. The van der Waals surface area contributed by atoms with Crippen molar-refractivity contribution in [3.05, 3.63) is 53.6 Å². The Morgan fingerprint density at radius 2 is 2.05 bits per heavy atom. The molecule has 1 unspecified atom stereocenters. The summed E-state index contributed by atoms with van der Waals surface area (Å²) < 4.78 is 26.2. The molecule has 0 spiro atoms. The average molecular weight is 265 g/mol. The lowest BCUT2D eigenvalue weighted by molar-refractivity contribution is 0.0665. The molecule has 0 bridgehead atoms. The maximum atomic E-state index is 12.7. The molecule has 1 atom stereocenters. The third-order valence-corrected chi connectivity index (χ3v) is 3.18. The quantitative estimate of drug-likeness (QED) is 0.897. The van der Waals surface area contributed by atoms with Gasteiger partial charge in [0, 0.05) is 18.4 Å². The van der Waals surface area contributed by atoms with Gasteiger partial charge in [-0.15, -0.1) is 0 Å². The zero-order chi connectivity index (χ0) is 13.8. The number of hydrogen-bond acceptors (Lipinski definition) is 2. The summed E-state index contributed by atoms with van der Waals surface area (Å²) in [6, 6.07) is 8.11. The van der Waals surface area contributed by atoms with Crippen LogP contribution in [-0.2, 0) is 6.54 Å². The summed E-state index contributed by atoms with van der Waals surface area (Å²) in [5, 5.41) is 3.22. The maximum absolute atomic E-state index is 12.7. The van der Waals surface area contributed by atoms with Gasteiger partial charge < -0.3 is 5.32 Å². The molecule has 0 amide bonds. The van der Waals surface area contributed by atoms with Crippen LogP contribution in [0.2, 0.25) is 0 Å². The Morgan fingerprint density at radius 3 is 2.74 bits per heavy atom. The summed E-state index contributed by atoms with van der Waals surface area (Å²) in [7, 11) is 0. The van der Waals surface area contributed by atoms with Crippen molar-refractivity contribution in [2.75, 3.05) is 0 Å². The van der Waals surface area contributed by atoms with E-state index in [4.69, 9.17) is 0 Å². The van der Waals surface area contributed by atoms with Crippen LogP contribution in [0, 0.1) is 6.92 Å². The van der Waals surface area contributed by atoms with Gasteiger partial charge in [0.15, 0.2) is 0 Å². The lowest BCUT2D eigenvalue weighted by Gasteiger charge is -2.16. The van der Waals surface area contributed by atoms with Crippen molar-refractivity contribution in [1.29, 1.82) is 0 Å². The fourth-order valence-corrected chi connectivity index (χ4v) is 2.09. The van der Waals surface area contributed by atoms with Gasteiger partial charge in [0.05, 0.1) is 6.54 Å². The second-order valence-corrected chi connectivity index (χ2v) is 4.49. The van der Waals surface area contributed by atoms with E-state index in [9.17, 15) is 8.78 Å². The van der Waals surface area contributed by atoms with E-state index in [1.165, 1.54) is 18.0 Å². The third-order valence-electron chi connectivity index (χ3n) is 3.18. The first-order chi connectivity index (χ1) is 9.09. The van der Waals surface area contributed by atoms with E-state index in [-0.39, 0.29) is 6.04 Å². The highest BCUT2D eigenvalue weighted by Crippen LogP contribution is 2.18. The third kappa shape index (κ3) is 3.17. The molecule has 102 valence electrons. The standard InChI is InChI=1S/C14H17F2N3/c1-10-5-3-4-6-12(10)11(2)18-9-13-17-7-8-19(13)14(15)16/h3-8,11,14,18H,9H2,1-2H3. The minimum absolute atomic E-state index is 0.0871. The van der Waals surface area contributed by atoms with Gasteiger partial charge in [0.2, 0.25) is 0 Å². The van der Waals surface area contributed by atoms with E-state index in [1.807, 2.05) is 38.1 Å². The molecular formula is C14H17F2N3. The van der Waals surface area contributed by atoms with Gasteiger partial charge in [0.1, 0.15) is 5.82 Å². The summed E-state index contributed by atoms with van der Waals surface area (Å²) in [5.74, 6) is 0.343. The maximum Gasteiger partial charge on any atom is 0.319 e. The zero-order valence-corrected chi connectivity index (χ0v) is 11.0. The molecular weight excluding hydrogens is 248 g/mol. The van der Waals surface area contributed by atoms with Crippen LogP contribution in [-0.4, -0.2) is 9.55 Å². The van der Waals surface area contributed by atoms with Crippen LogP contribution in [0.5, 0.6) is 0 Å². The molecule has 0 saturated carbocycles. The number of nitrogens with one attached hydrogen (secondary N) is 1. The van der Waals surface area contributed by atoms with Gasteiger partial charge in [-0.2, -0.15) is 8.78 Å². The highest BCUT2D eigenvalue weighted by atomic mass is 19.3. The van der Waals surface area contributed by atoms with Crippen molar-refractivity contribution in [2.24, 2.45) is 0 Å². The molecule has 1 N–H and O–H groups in total. The summed E-state index contributed by atoms with van der Waals surface area (Å²) >= 11 is 0. The predicted molar refractivity (Wildman–Crippen MR) is 69.9 cm³/mol. The number of aryl methyl sites for hydroxylation is 1. The molecule has 1 aromatic heterocycles. The second kappa shape index (κ2) is 5.93. The number of alkyl halides is 2. The number of imidazole rings is 1. The lowest BCUT2D eigenvalue weighted by Crippen LogP contribution is -2.21. The first-order valence-electron chi connectivity index (χ1n) is 6.18. The molecule has 0 radical (unpaired) electrons. The van der Waals surface area contributed by atoms with Gasteiger partial charge in [-0.25, -0.2) is 4.98 Å². The smallest absolute Gasteiger partial charge is 0.303 e. The Morgan fingerprint density at radius 1 is 1.32 bits per heavy atom. The highest BCUT2D eigenvalue weighted by molar-refractivity contribution is 5.28. The SMILES string of the molecule is Cc1ccccc1C(C)NCc1nccn1C(F)F. The monoisotopic (exact) mass is 265 g/mol. The first-order valence-corrected chi connectivity index (χ1v) is 6.18. The molecule has 0 aliphatic carbocycles. The van der Waals surface area contributed by atoms with Crippen LogP contribution < -0.4 is 5.32 Å². The number of rotatable bonds is 5. The molecule has 1 aromatic carbocycles. The molecule has 3 nitrogen and oxygen atoms in total. The number of hydrogen-bond donors (Lipinski definition) is 1. The van der Waals surface area contributed by atoms with Crippen molar-refractivity contribution < 1.29 is 8.78 Å². The van der Waals surface area contributed by atoms with Crippen molar-refractivity contribution >= 4 is 0 Å². The fourth-order valence-electron chi connectivity index (χ4n) is 2.09. The molecule has 0 aliphatic heterocycles. The fraction of sp³-hybridized carbons (Fsp3) is 0.357. The summed E-state index contributed by atoms with van der Waals surface area (Å²) in [5.41, 5.74) is 2.34. The minimum Gasteiger partial charge on any atom is -0.303 e. The van der Waals surface area contributed by atoms with Gasteiger partial charge in [-0.3, -0.25) is 4.57 Å². The van der Waals surface area contributed by atoms with E-state index >= 15 is 0 Å². The first kappa shape index (κ1) is 13.7. The highest BCUT2D eigenvalue weighted by Gasteiger charge is 2.13. The number of aromatic nitrogens is 2. The average Bonchev–Trinajstić information content (AvgIpc) is 2.85. The normalized spacial score (nSPS) is 12.9. The van der Waals surface area contributed by atoms with Crippen LogP contribution in [0.4, 0.5) is 8.78 Å². The van der Waals surface area contributed by atoms with Crippen LogP contribution in [0.25, 0.3) is 0 Å². The van der Waals surface area contributed by atoms with Gasteiger partial charge in [-0.1, -0.05) is 24.3 Å². The molecule has 2 aromatic rings. The van der Waals surface area contributed by atoms with E-state index in [2.05, 4.69) is 10.3 Å². The Labute approximate surface area is 111 Å². The molecule has 1 heterocycles. The lowest BCUT2D eigenvalue weighted by atomic mass is 10.0. The van der Waals surface area contributed by atoms with Crippen LogP contribution >= 0.6 is 0 Å². The second-order valence-electron chi connectivity index (χ2n) is 4.49. The Hall–Kier alpha value is -1.75. The molecule has 0 saturated heterocycles. The summed E-state index contributed by atoms with van der Waals surface area (Å²) in [6.45, 7) is 1.81. The number of nitrogens with zero attached hydrogens (tertiary/aromatic N) is 2. The molecule has 5 heteroatoms. The molecule has 2 rings (SSSR count). The van der Waals surface area contributed by atoms with E-state index in [0.717, 1.165) is 10.1 Å². The topological polar surface area (TPSA) is 29.9 Å². The van der Waals surface area contributed by atoms with Crippen LogP contribution in [0.15, 0.2) is 36.7 Å². The molecule has 19 heavy (non-hydrogen) atoms. The van der Waals surface area contributed by atoms with Crippen LogP contribution in [0.1, 0.15) is 36.5 Å². The molecule has 0 aliphatic rings. The zero-order valence-electron chi connectivity index (χ0n) is 11.0. The Kier molecular flexibility index (Phi) is 4.27. The van der Waals surface area contributed by atoms with E-state index < -0.39 is 6.55 Å². The predicted octanol–water partition coefficient (Wildman–Crippen LogP) is 3.44. The van der Waals surface area contributed by atoms with Crippen LogP contribution in [0.3, 0.4) is 0 Å². The van der Waals surface area contributed by atoms with Gasteiger partial charge >= 0.3 is 6.55 Å². The summed E-state index contributed by atoms with van der Waals surface area (Å²) in [4.78, 5) is 3.95. The van der Waals surface area contributed by atoms with Crippen molar-refractivity contribution in [3.8, 4) is 0 Å². The van der Waals surface area contributed by atoms with Crippen molar-refractivity contribution in [1.82, 2.24) is 14.9 Å². The Balaban J connectivity index is 2.03. The number of halogens is 2. The minimum atomic E-state index is -2.55.